The van der Waals surface area contributed by atoms with Gasteiger partial charge in [0.05, 0.1) is 10.6 Å². The van der Waals surface area contributed by atoms with Crippen molar-refractivity contribution in [3.05, 3.63) is 66.5 Å². The number of halogens is 1. The summed E-state index contributed by atoms with van der Waals surface area (Å²) < 4.78 is 1.04. The van der Waals surface area contributed by atoms with Crippen LogP contribution < -0.4 is 5.32 Å². The van der Waals surface area contributed by atoms with Gasteiger partial charge in [0.1, 0.15) is 0 Å². The maximum atomic E-state index is 4.84. The number of hydrogen-bond donors (Lipinski definition) is 1. The molecular formula is C22H23IN2S. The van der Waals surface area contributed by atoms with Crippen LogP contribution in [0.1, 0.15) is 36.8 Å². The zero-order chi connectivity index (χ0) is 18.9. The molecule has 0 bridgehead atoms. The summed E-state index contributed by atoms with van der Waals surface area (Å²) in [7, 11) is 0. The molecule has 2 nitrogen and oxygen atoms in total. The second-order valence-corrected chi connectivity index (χ2v) is 10.5. The molecule has 0 saturated heterocycles. The largest absolute Gasteiger partial charge is 0.384 e. The smallest absolute Gasteiger partial charge is 0.155 e. The number of aryl methyl sites for hydroxylation is 2. The SMILES string of the molecule is Cc1cccc(C)c1-c1nc(I)sc1C1=C=C=CC(NCC(C)(C)C)=C1. The number of benzene rings is 1. The van der Waals surface area contributed by atoms with E-state index in [2.05, 4.69) is 98.3 Å². The summed E-state index contributed by atoms with van der Waals surface area (Å²) in [6.45, 7) is 11.9. The van der Waals surface area contributed by atoms with Crippen molar-refractivity contribution in [2.24, 2.45) is 5.41 Å². The first-order valence-corrected chi connectivity index (χ1v) is 10.5. The highest BCUT2D eigenvalue weighted by Crippen LogP contribution is 2.38. The predicted octanol–water partition coefficient (Wildman–Crippen LogP) is 6.26. The number of aromatic nitrogens is 1. The van der Waals surface area contributed by atoms with E-state index in [-0.39, 0.29) is 5.41 Å². The van der Waals surface area contributed by atoms with Gasteiger partial charge in [0.25, 0.3) is 0 Å². The van der Waals surface area contributed by atoms with E-state index < -0.39 is 0 Å². The predicted molar refractivity (Wildman–Crippen MR) is 120 cm³/mol. The fourth-order valence-corrected chi connectivity index (χ4v) is 4.52. The fraction of sp³-hybridized carbons (Fsp3) is 0.318. The molecule has 0 amide bonds. The van der Waals surface area contributed by atoms with E-state index >= 15 is 0 Å². The average molecular weight is 474 g/mol. The van der Waals surface area contributed by atoms with Crippen LogP contribution in [0.3, 0.4) is 0 Å². The van der Waals surface area contributed by atoms with E-state index in [1.165, 1.54) is 16.7 Å². The molecule has 134 valence electrons. The highest BCUT2D eigenvalue weighted by molar-refractivity contribution is 14.1. The quantitative estimate of drug-likeness (QED) is 0.418. The zero-order valence-corrected chi connectivity index (χ0v) is 18.8. The van der Waals surface area contributed by atoms with Crippen LogP contribution in [-0.4, -0.2) is 11.5 Å². The van der Waals surface area contributed by atoms with E-state index in [9.17, 15) is 0 Å². The Morgan fingerprint density at radius 1 is 1.19 bits per heavy atom. The van der Waals surface area contributed by atoms with Gasteiger partial charge in [-0.05, 0) is 59.1 Å². The first-order valence-electron chi connectivity index (χ1n) is 8.65. The molecule has 1 aliphatic rings. The molecule has 0 radical (unpaired) electrons. The Bertz CT molecular complexity index is 956. The van der Waals surface area contributed by atoms with Crippen molar-refractivity contribution in [1.29, 1.82) is 0 Å². The second-order valence-electron chi connectivity index (χ2n) is 7.75. The van der Waals surface area contributed by atoms with Crippen molar-refractivity contribution in [2.75, 3.05) is 6.54 Å². The normalized spacial score (nSPS) is 13.6. The molecule has 2 aromatic rings. The van der Waals surface area contributed by atoms with Crippen molar-refractivity contribution < 1.29 is 0 Å². The van der Waals surface area contributed by atoms with Crippen LogP contribution in [-0.2, 0) is 0 Å². The molecule has 0 atom stereocenters. The number of nitrogens with zero attached hydrogens (tertiary/aromatic N) is 1. The summed E-state index contributed by atoms with van der Waals surface area (Å²) in [5.41, 5.74) is 13.6. The molecule has 0 aliphatic heterocycles. The van der Waals surface area contributed by atoms with Gasteiger partial charge in [-0.15, -0.1) is 11.3 Å². The lowest BCUT2D eigenvalue weighted by molar-refractivity contribution is 0.399. The van der Waals surface area contributed by atoms with Crippen molar-refractivity contribution >= 4 is 39.5 Å². The molecule has 4 heteroatoms. The van der Waals surface area contributed by atoms with Gasteiger partial charge in [-0.3, -0.25) is 0 Å². The van der Waals surface area contributed by atoms with Crippen LogP contribution in [0, 0.1) is 22.3 Å². The van der Waals surface area contributed by atoms with Crippen LogP contribution in [0.15, 0.2) is 47.5 Å². The Hall–Kier alpha value is -1.58. The van der Waals surface area contributed by atoms with E-state index in [0.29, 0.717) is 0 Å². The van der Waals surface area contributed by atoms with Gasteiger partial charge in [0, 0.05) is 29.5 Å². The molecule has 0 saturated carbocycles. The Morgan fingerprint density at radius 2 is 1.88 bits per heavy atom. The lowest BCUT2D eigenvalue weighted by Crippen LogP contribution is -2.25. The number of allylic oxidation sites excluding steroid dienone is 3. The maximum Gasteiger partial charge on any atom is 0.155 e. The molecule has 1 aromatic heterocycles. The molecule has 1 heterocycles. The molecule has 3 rings (SSSR count). The minimum absolute atomic E-state index is 0.225. The average Bonchev–Trinajstić information content (AvgIpc) is 2.94. The first kappa shape index (κ1) is 19.2. The van der Waals surface area contributed by atoms with Crippen molar-refractivity contribution in [3.63, 3.8) is 0 Å². The summed E-state index contributed by atoms with van der Waals surface area (Å²) >= 11 is 4.02. The van der Waals surface area contributed by atoms with E-state index in [0.717, 1.165) is 31.4 Å². The van der Waals surface area contributed by atoms with E-state index in [4.69, 9.17) is 4.98 Å². The van der Waals surface area contributed by atoms with Gasteiger partial charge >= 0.3 is 0 Å². The highest BCUT2D eigenvalue weighted by Gasteiger charge is 2.19. The minimum atomic E-state index is 0.225. The second kappa shape index (κ2) is 7.58. The Kier molecular flexibility index (Phi) is 5.59. The minimum Gasteiger partial charge on any atom is -0.384 e. The van der Waals surface area contributed by atoms with Gasteiger partial charge < -0.3 is 5.32 Å². The third-order valence-corrected chi connectivity index (χ3v) is 5.90. The van der Waals surface area contributed by atoms with Gasteiger partial charge in [0.2, 0.25) is 0 Å². The van der Waals surface area contributed by atoms with Crippen LogP contribution in [0.5, 0.6) is 0 Å². The highest BCUT2D eigenvalue weighted by atomic mass is 127. The maximum absolute atomic E-state index is 4.84. The summed E-state index contributed by atoms with van der Waals surface area (Å²) in [5.74, 6) is 0. The van der Waals surface area contributed by atoms with Gasteiger partial charge in [0.15, 0.2) is 3.01 Å². The molecule has 26 heavy (non-hydrogen) atoms. The number of nitrogens with one attached hydrogen (secondary N) is 1. The molecule has 1 aromatic carbocycles. The molecule has 0 fully saturated rings. The number of rotatable bonds is 4. The molecule has 1 N–H and O–H groups in total. The Balaban J connectivity index is 2.02. The van der Waals surface area contributed by atoms with Crippen molar-refractivity contribution in [3.8, 4) is 11.3 Å². The zero-order valence-electron chi connectivity index (χ0n) is 15.8. The van der Waals surface area contributed by atoms with E-state index in [1.54, 1.807) is 11.3 Å². The third-order valence-electron chi connectivity index (χ3n) is 4.12. The van der Waals surface area contributed by atoms with Crippen LogP contribution in [0.25, 0.3) is 16.8 Å². The fourth-order valence-electron chi connectivity index (χ4n) is 2.85. The van der Waals surface area contributed by atoms with Crippen molar-refractivity contribution in [2.45, 2.75) is 34.6 Å². The summed E-state index contributed by atoms with van der Waals surface area (Å²) in [4.78, 5) is 6.00. The first-order chi connectivity index (χ1) is 12.2. The standard InChI is InChI=1S/C22H23IN2S/c1-14-8-6-9-15(2)18(14)19-20(26-21(23)25-19)16-10-7-11-17(12-16)24-13-22(3,4)5/h6,8-9,11-12,24H,13H2,1-5H3. The molecule has 0 unspecified atom stereocenters. The van der Waals surface area contributed by atoms with Crippen LogP contribution >= 0.6 is 33.9 Å². The van der Waals surface area contributed by atoms with Gasteiger partial charge in [-0.25, -0.2) is 4.98 Å². The third kappa shape index (κ3) is 4.39. The summed E-state index contributed by atoms with van der Waals surface area (Å²) in [6.07, 6.45) is 4.11. The molecular weight excluding hydrogens is 451 g/mol. The van der Waals surface area contributed by atoms with Gasteiger partial charge in [-0.2, -0.15) is 0 Å². The van der Waals surface area contributed by atoms with Crippen molar-refractivity contribution in [1.82, 2.24) is 10.3 Å². The molecule has 1 aliphatic carbocycles. The van der Waals surface area contributed by atoms with Crippen LogP contribution in [0.4, 0.5) is 0 Å². The van der Waals surface area contributed by atoms with E-state index in [1.807, 2.05) is 6.08 Å². The summed E-state index contributed by atoms with van der Waals surface area (Å²) in [6, 6.07) is 6.40. The molecule has 0 spiro atoms. The lowest BCUT2D eigenvalue weighted by Gasteiger charge is -2.20. The topological polar surface area (TPSA) is 24.9 Å². The lowest BCUT2D eigenvalue weighted by atomic mass is 9.96. The summed E-state index contributed by atoms with van der Waals surface area (Å²) in [5, 5.41) is 3.51. The van der Waals surface area contributed by atoms with Gasteiger partial charge in [-0.1, -0.05) is 50.4 Å². The Morgan fingerprint density at radius 3 is 2.54 bits per heavy atom. The number of hydrogen-bond acceptors (Lipinski definition) is 3. The monoisotopic (exact) mass is 474 g/mol. The number of thiazole rings is 1. The van der Waals surface area contributed by atoms with Crippen LogP contribution in [0.2, 0.25) is 0 Å². The Labute approximate surface area is 173 Å².